The number of likely N-dealkylation sites (tertiary alicyclic amines) is 1. The summed E-state index contributed by atoms with van der Waals surface area (Å²) in [6.45, 7) is 15.3. The largest absolute Gasteiger partial charge is 0.379 e. The van der Waals surface area contributed by atoms with Crippen molar-refractivity contribution >= 4 is 22.8 Å². The Kier molecular flexibility index (Phi) is 11.4. The van der Waals surface area contributed by atoms with E-state index in [-0.39, 0.29) is 29.4 Å². The van der Waals surface area contributed by atoms with Crippen molar-refractivity contribution < 1.29 is 14.3 Å². The first kappa shape index (κ1) is 31.8. The molecule has 0 saturated carbocycles. The molecule has 4 rings (SSSR count). The predicted molar refractivity (Wildman–Crippen MR) is 164 cm³/mol. The molecular weight excluding hydrogens is 502 g/mol. The number of carbonyl (C=O) groups is 2. The normalized spacial score (nSPS) is 20.4. The fraction of sp³-hybridized carbons (Fsp3) is 0.625. The topological polar surface area (TPSA) is 80.9 Å². The Morgan fingerprint density at radius 2 is 2.00 bits per heavy atom. The van der Waals surface area contributed by atoms with Crippen LogP contribution in [0.5, 0.6) is 0 Å². The number of fused-ring (bicyclic) bond motifs is 2. The molecule has 1 aromatic carbocycles. The van der Waals surface area contributed by atoms with Crippen LogP contribution in [0.4, 0.5) is 4.79 Å². The van der Waals surface area contributed by atoms with Crippen LogP contribution in [0.1, 0.15) is 64.0 Å². The first-order valence-electron chi connectivity index (χ1n) is 14.8. The highest BCUT2D eigenvalue weighted by Crippen LogP contribution is 2.45. The summed E-state index contributed by atoms with van der Waals surface area (Å²) in [5.41, 5.74) is 3.93. The summed E-state index contributed by atoms with van der Waals surface area (Å²) < 4.78 is 5.09. The minimum Gasteiger partial charge on any atom is -0.379 e. The summed E-state index contributed by atoms with van der Waals surface area (Å²) in [6, 6.07) is 6.50. The maximum Gasteiger partial charge on any atom is 0.324 e. The van der Waals surface area contributed by atoms with E-state index in [1.807, 2.05) is 27.1 Å². The van der Waals surface area contributed by atoms with Crippen molar-refractivity contribution in [3.05, 3.63) is 48.2 Å². The van der Waals surface area contributed by atoms with Crippen LogP contribution < -0.4 is 5.32 Å². The van der Waals surface area contributed by atoms with Gasteiger partial charge in [-0.2, -0.15) is 0 Å². The molecule has 1 fully saturated rings. The van der Waals surface area contributed by atoms with Crippen LogP contribution in [-0.4, -0.2) is 97.2 Å². The first-order chi connectivity index (χ1) is 19.1. The fourth-order valence-corrected chi connectivity index (χ4v) is 5.82. The lowest BCUT2D eigenvalue weighted by Crippen LogP contribution is -2.55. The van der Waals surface area contributed by atoms with Crippen molar-refractivity contribution in [1.29, 1.82) is 0 Å². The number of benzene rings is 1. The van der Waals surface area contributed by atoms with Gasteiger partial charge in [-0.15, -0.1) is 6.58 Å². The molecular formula is C32H51N5O3. The van der Waals surface area contributed by atoms with E-state index < -0.39 is 0 Å². The Labute approximate surface area is 241 Å². The summed E-state index contributed by atoms with van der Waals surface area (Å²) >= 11 is 0. The van der Waals surface area contributed by atoms with Gasteiger partial charge in [0.25, 0.3) is 0 Å². The smallest absolute Gasteiger partial charge is 0.324 e. The minimum absolute atomic E-state index is 0.0562. The molecule has 1 saturated heterocycles. The van der Waals surface area contributed by atoms with E-state index in [4.69, 9.17) is 4.74 Å². The van der Waals surface area contributed by atoms with Crippen molar-refractivity contribution in [3.8, 4) is 0 Å². The van der Waals surface area contributed by atoms with Crippen LogP contribution in [0.25, 0.3) is 10.9 Å². The van der Waals surface area contributed by atoms with Crippen LogP contribution in [0, 0.1) is 5.92 Å². The number of methoxy groups -OCH3 is 1. The third-order valence-corrected chi connectivity index (χ3v) is 8.52. The summed E-state index contributed by atoms with van der Waals surface area (Å²) in [4.78, 5) is 35.9. The van der Waals surface area contributed by atoms with E-state index in [1.54, 1.807) is 7.11 Å². The highest BCUT2D eigenvalue weighted by Gasteiger charge is 2.43. The molecule has 2 N–H and O–H groups in total. The number of nitrogens with zero attached hydrogens (tertiary/aromatic N) is 3. The number of piperidine rings is 1. The maximum absolute atomic E-state index is 13.7. The fourth-order valence-electron chi connectivity index (χ4n) is 5.82. The Balaban J connectivity index is 0.000000559. The molecule has 2 aliphatic rings. The van der Waals surface area contributed by atoms with Gasteiger partial charge in [0, 0.05) is 62.3 Å². The van der Waals surface area contributed by atoms with Crippen molar-refractivity contribution in [2.24, 2.45) is 5.92 Å². The van der Waals surface area contributed by atoms with E-state index in [2.05, 4.69) is 71.8 Å². The van der Waals surface area contributed by atoms with E-state index >= 15 is 0 Å². The number of urea groups is 1. The summed E-state index contributed by atoms with van der Waals surface area (Å²) in [7, 11) is 5.75. The van der Waals surface area contributed by atoms with Gasteiger partial charge in [0.15, 0.2) is 0 Å². The van der Waals surface area contributed by atoms with Gasteiger partial charge >= 0.3 is 6.03 Å². The standard InChI is InChI=1S/C26H37N5O2.C6H14O/c1-5-11-30-17-19(25(32)31(26(33)27-6-2)13-8-12-29(3)4)14-21-20-9-7-10-22-24(20)18(16-28-22)15-23(21)30;1-5-6(2,3)7-4/h5,7,9-10,16,19,21,23,28H,1,6,8,11-15,17H2,2-4H3,(H,27,33);5H2,1-4H3/t19-,21-,23-;/m1./s1. The van der Waals surface area contributed by atoms with Crippen LogP contribution in [0.2, 0.25) is 0 Å². The minimum atomic E-state index is -0.280. The lowest BCUT2D eigenvalue weighted by Gasteiger charge is -2.47. The molecule has 0 radical (unpaired) electrons. The summed E-state index contributed by atoms with van der Waals surface area (Å²) in [6.07, 6.45) is 7.63. The van der Waals surface area contributed by atoms with Crippen molar-refractivity contribution in [1.82, 2.24) is 25.0 Å². The van der Waals surface area contributed by atoms with Crippen molar-refractivity contribution in [3.63, 3.8) is 0 Å². The molecule has 8 nitrogen and oxygen atoms in total. The molecule has 3 amide bonds. The molecule has 0 bridgehead atoms. The van der Waals surface area contributed by atoms with Crippen LogP contribution in [0.3, 0.4) is 0 Å². The molecule has 1 aromatic heterocycles. The SMILES string of the molecule is C=CCN1C[C@H](C(=O)N(CCCN(C)C)C(=O)NCC)C[C@@H]2c3cccc4[nH]cc(c34)C[C@H]21.CCC(C)(C)OC. The molecule has 1 aliphatic carbocycles. The average Bonchev–Trinajstić information content (AvgIpc) is 3.35. The zero-order valence-corrected chi connectivity index (χ0v) is 25.8. The average molecular weight is 554 g/mol. The third-order valence-electron chi connectivity index (χ3n) is 8.52. The number of aromatic nitrogens is 1. The van der Waals surface area contributed by atoms with Crippen molar-refractivity contribution in [2.45, 2.75) is 70.9 Å². The number of nitrogens with one attached hydrogen (secondary N) is 2. The van der Waals surface area contributed by atoms with Crippen LogP contribution in [-0.2, 0) is 16.0 Å². The lowest BCUT2D eigenvalue weighted by molar-refractivity contribution is -0.135. The van der Waals surface area contributed by atoms with E-state index in [0.717, 1.165) is 44.3 Å². The quantitative estimate of drug-likeness (QED) is 0.404. The van der Waals surface area contributed by atoms with Gasteiger partial charge in [0.1, 0.15) is 0 Å². The maximum atomic E-state index is 13.7. The van der Waals surface area contributed by atoms with E-state index in [9.17, 15) is 9.59 Å². The molecule has 2 aromatic rings. The monoisotopic (exact) mass is 553 g/mol. The van der Waals surface area contributed by atoms with Crippen molar-refractivity contribution in [2.75, 3.05) is 53.9 Å². The number of rotatable bonds is 10. The van der Waals surface area contributed by atoms with Gasteiger partial charge in [-0.05, 0) is 84.3 Å². The third kappa shape index (κ3) is 7.53. The molecule has 40 heavy (non-hydrogen) atoms. The second-order valence-corrected chi connectivity index (χ2v) is 11.9. The molecule has 0 unspecified atom stereocenters. The zero-order valence-electron chi connectivity index (χ0n) is 25.8. The van der Waals surface area contributed by atoms with Gasteiger partial charge in [-0.3, -0.25) is 14.6 Å². The summed E-state index contributed by atoms with van der Waals surface area (Å²) in [5.74, 6) is -0.0133. The Morgan fingerprint density at radius 3 is 2.60 bits per heavy atom. The predicted octanol–water partition coefficient (Wildman–Crippen LogP) is 5.02. The number of carbonyl (C=O) groups excluding carboxylic acids is 2. The van der Waals surface area contributed by atoms with Gasteiger partial charge in [0.05, 0.1) is 11.5 Å². The Hall–Kier alpha value is -2.68. The highest BCUT2D eigenvalue weighted by atomic mass is 16.5. The number of aromatic amines is 1. The molecule has 3 atom stereocenters. The number of amides is 3. The second kappa shape index (κ2) is 14.3. The number of hydrogen-bond acceptors (Lipinski definition) is 5. The van der Waals surface area contributed by atoms with Gasteiger partial charge in [0.2, 0.25) is 5.91 Å². The number of hydrogen-bond donors (Lipinski definition) is 2. The van der Waals surface area contributed by atoms with E-state index in [1.165, 1.54) is 21.4 Å². The lowest BCUT2D eigenvalue weighted by atomic mass is 9.72. The second-order valence-electron chi connectivity index (χ2n) is 11.9. The molecule has 0 spiro atoms. The van der Waals surface area contributed by atoms with Gasteiger partial charge in [-0.1, -0.05) is 25.1 Å². The molecule has 1 aliphatic heterocycles. The number of H-pyrrole nitrogens is 1. The Morgan fingerprint density at radius 1 is 1.25 bits per heavy atom. The van der Waals surface area contributed by atoms with E-state index in [0.29, 0.717) is 25.7 Å². The number of imide groups is 1. The van der Waals surface area contributed by atoms with Gasteiger partial charge in [-0.25, -0.2) is 4.79 Å². The summed E-state index contributed by atoms with van der Waals surface area (Å²) in [5, 5.41) is 4.16. The van der Waals surface area contributed by atoms with Gasteiger partial charge < -0.3 is 19.9 Å². The molecule has 222 valence electrons. The molecule has 2 heterocycles. The highest BCUT2D eigenvalue weighted by molar-refractivity contribution is 5.96. The number of ether oxygens (including phenoxy) is 1. The van der Waals surface area contributed by atoms with Crippen LogP contribution in [0.15, 0.2) is 37.1 Å². The zero-order chi connectivity index (χ0) is 29.4. The molecule has 8 heteroatoms. The Bertz CT molecular complexity index is 1130. The van der Waals surface area contributed by atoms with Crippen LogP contribution >= 0.6 is 0 Å². The first-order valence-corrected chi connectivity index (χ1v) is 14.8.